The summed E-state index contributed by atoms with van der Waals surface area (Å²) in [6.45, 7) is 6.73. The predicted molar refractivity (Wildman–Crippen MR) is 137 cm³/mol. The standard InChI is InChI=1S/C27H26Cl2N2O4/c1-14(32)25(34)30-22-19-13-18(15-9-11-16(28)12-10-15)21(17-7-5-6-8-20(17)29)31-26(19)35-23(22)24(33)27(2,3)4/h5-14,22-23,32H,1-4H3,(H,30,34)/t14-,22?,23?/m0/s1. The molecule has 2 N–H and O–H groups in total. The van der Waals surface area contributed by atoms with E-state index in [4.69, 9.17) is 32.9 Å². The highest BCUT2D eigenvalue weighted by Gasteiger charge is 2.45. The Morgan fingerprint density at radius 1 is 1.06 bits per heavy atom. The fourth-order valence-corrected chi connectivity index (χ4v) is 4.30. The molecule has 0 bridgehead atoms. The number of nitrogens with zero attached hydrogens (tertiary/aromatic N) is 1. The normalized spacial score (nSPS) is 17.9. The van der Waals surface area contributed by atoms with Crippen LogP contribution in [-0.4, -0.2) is 34.0 Å². The average molecular weight is 513 g/mol. The third kappa shape index (κ3) is 5.06. The molecule has 8 heteroatoms. The van der Waals surface area contributed by atoms with E-state index in [1.165, 1.54) is 6.92 Å². The molecular formula is C27H26Cl2N2O4. The second-order valence-electron chi connectivity index (χ2n) is 9.58. The number of halogens is 2. The van der Waals surface area contributed by atoms with Gasteiger partial charge in [-0.05, 0) is 36.8 Å². The molecule has 1 aliphatic rings. The van der Waals surface area contributed by atoms with Crippen molar-refractivity contribution < 1.29 is 19.4 Å². The van der Waals surface area contributed by atoms with Gasteiger partial charge in [0, 0.05) is 32.2 Å². The molecule has 0 saturated carbocycles. The molecule has 0 spiro atoms. The molecule has 2 heterocycles. The maximum absolute atomic E-state index is 13.3. The number of pyridine rings is 1. The van der Waals surface area contributed by atoms with Crippen molar-refractivity contribution >= 4 is 34.9 Å². The molecule has 6 nitrogen and oxygen atoms in total. The summed E-state index contributed by atoms with van der Waals surface area (Å²) >= 11 is 12.6. The Hall–Kier alpha value is -2.93. The lowest BCUT2D eigenvalue weighted by molar-refractivity contribution is -0.136. The number of aromatic nitrogens is 1. The summed E-state index contributed by atoms with van der Waals surface area (Å²) in [7, 11) is 0. The van der Waals surface area contributed by atoms with Gasteiger partial charge in [-0.1, -0.05) is 74.3 Å². The third-order valence-corrected chi connectivity index (χ3v) is 6.43. The van der Waals surface area contributed by atoms with Crippen molar-refractivity contribution in [3.63, 3.8) is 0 Å². The number of carbonyl (C=O) groups excluding carboxylic acids is 2. The Morgan fingerprint density at radius 3 is 2.31 bits per heavy atom. The number of Topliss-reactive ketones (excluding diaryl/α,β-unsaturated/α-hetero) is 1. The van der Waals surface area contributed by atoms with Gasteiger partial charge in [-0.25, -0.2) is 4.98 Å². The lowest BCUT2D eigenvalue weighted by Gasteiger charge is -2.26. The molecule has 3 aromatic rings. The van der Waals surface area contributed by atoms with E-state index >= 15 is 0 Å². The van der Waals surface area contributed by atoms with Crippen LogP contribution in [0.5, 0.6) is 5.88 Å². The van der Waals surface area contributed by atoms with Crippen LogP contribution in [0.2, 0.25) is 10.0 Å². The lowest BCUT2D eigenvalue weighted by atomic mass is 9.84. The number of aliphatic hydroxyl groups excluding tert-OH is 1. The number of hydrogen-bond acceptors (Lipinski definition) is 5. The first-order valence-corrected chi connectivity index (χ1v) is 12.0. The quantitative estimate of drug-likeness (QED) is 0.461. The topological polar surface area (TPSA) is 88.5 Å². The number of rotatable bonds is 5. The summed E-state index contributed by atoms with van der Waals surface area (Å²) in [5.41, 5.74) is 2.64. The van der Waals surface area contributed by atoms with Crippen LogP contribution in [0.3, 0.4) is 0 Å². The third-order valence-electron chi connectivity index (χ3n) is 5.85. The maximum Gasteiger partial charge on any atom is 0.249 e. The monoisotopic (exact) mass is 512 g/mol. The van der Waals surface area contributed by atoms with Crippen LogP contribution in [0, 0.1) is 5.41 Å². The van der Waals surface area contributed by atoms with Gasteiger partial charge in [0.25, 0.3) is 0 Å². The van der Waals surface area contributed by atoms with Gasteiger partial charge >= 0.3 is 0 Å². The van der Waals surface area contributed by atoms with Crippen molar-refractivity contribution in [2.24, 2.45) is 5.41 Å². The number of benzene rings is 2. The summed E-state index contributed by atoms with van der Waals surface area (Å²) in [5.74, 6) is -0.573. The van der Waals surface area contributed by atoms with Crippen LogP contribution in [0.4, 0.5) is 0 Å². The largest absolute Gasteiger partial charge is 0.463 e. The summed E-state index contributed by atoms with van der Waals surface area (Å²) < 4.78 is 6.08. The molecule has 0 radical (unpaired) electrons. The van der Waals surface area contributed by atoms with E-state index in [9.17, 15) is 14.7 Å². The summed E-state index contributed by atoms with van der Waals surface area (Å²) in [4.78, 5) is 30.6. The highest BCUT2D eigenvalue weighted by atomic mass is 35.5. The average Bonchev–Trinajstić information content (AvgIpc) is 3.15. The fraction of sp³-hybridized carbons (Fsp3) is 0.296. The smallest absolute Gasteiger partial charge is 0.249 e. The lowest BCUT2D eigenvalue weighted by Crippen LogP contribution is -2.46. The number of aliphatic hydroxyl groups is 1. The maximum atomic E-state index is 13.3. The molecule has 182 valence electrons. The zero-order valence-corrected chi connectivity index (χ0v) is 21.3. The van der Waals surface area contributed by atoms with Crippen LogP contribution in [-0.2, 0) is 9.59 Å². The van der Waals surface area contributed by atoms with E-state index < -0.39 is 29.6 Å². The summed E-state index contributed by atoms with van der Waals surface area (Å²) in [6.07, 6.45) is -2.25. The minimum absolute atomic E-state index is 0.196. The first-order chi connectivity index (χ1) is 16.5. The van der Waals surface area contributed by atoms with Crippen LogP contribution < -0.4 is 10.1 Å². The number of hydrogen-bond donors (Lipinski definition) is 2. The van der Waals surface area contributed by atoms with Crippen LogP contribution in [0.1, 0.15) is 39.3 Å². The summed E-state index contributed by atoms with van der Waals surface area (Å²) in [5, 5.41) is 13.7. The Bertz CT molecular complexity index is 1280. The second kappa shape index (κ2) is 9.61. The van der Waals surface area contributed by atoms with Gasteiger partial charge in [0.05, 0.1) is 5.69 Å². The van der Waals surface area contributed by atoms with E-state index in [0.29, 0.717) is 26.9 Å². The molecule has 2 aromatic carbocycles. The van der Waals surface area contributed by atoms with Crippen molar-refractivity contribution in [3.8, 4) is 28.3 Å². The van der Waals surface area contributed by atoms with Crippen LogP contribution in [0.15, 0.2) is 54.6 Å². The van der Waals surface area contributed by atoms with Gasteiger partial charge in [-0.2, -0.15) is 0 Å². The van der Waals surface area contributed by atoms with Crippen LogP contribution >= 0.6 is 23.2 Å². The van der Waals surface area contributed by atoms with Crippen molar-refractivity contribution in [2.45, 2.75) is 45.9 Å². The van der Waals surface area contributed by atoms with Crippen molar-refractivity contribution in [1.29, 1.82) is 0 Å². The molecule has 1 amide bonds. The zero-order valence-electron chi connectivity index (χ0n) is 19.8. The van der Waals surface area contributed by atoms with E-state index in [1.54, 1.807) is 39.0 Å². The zero-order chi connectivity index (χ0) is 25.5. The Balaban J connectivity index is 1.93. The van der Waals surface area contributed by atoms with Crippen molar-refractivity contribution in [1.82, 2.24) is 10.3 Å². The highest BCUT2D eigenvalue weighted by Crippen LogP contribution is 2.44. The van der Waals surface area contributed by atoms with Crippen molar-refractivity contribution in [3.05, 3.63) is 70.2 Å². The highest BCUT2D eigenvalue weighted by molar-refractivity contribution is 6.33. The van der Waals surface area contributed by atoms with Gasteiger partial charge in [-0.15, -0.1) is 0 Å². The molecule has 35 heavy (non-hydrogen) atoms. The Labute approximate surface area is 214 Å². The number of carbonyl (C=O) groups is 2. The molecule has 3 atom stereocenters. The number of ketones is 1. The first kappa shape index (κ1) is 25.2. The molecule has 0 aliphatic carbocycles. The molecule has 1 aromatic heterocycles. The van der Waals surface area contributed by atoms with E-state index in [1.807, 2.05) is 36.4 Å². The van der Waals surface area contributed by atoms with Gasteiger partial charge in [0.1, 0.15) is 12.1 Å². The van der Waals surface area contributed by atoms with E-state index in [2.05, 4.69) is 5.32 Å². The first-order valence-electron chi connectivity index (χ1n) is 11.2. The Kier molecular flexibility index (Phi) is 6.91. The number of amides is 1. The predicted octanol–water partition coefficient (Wildman–Crippen LogP) is 5.64. The minimum atomic E-state index is -1.25. The summed E-state index contributed by atoms with van der Waals surface area (Å²) in [6, 6.07) is 15.6. The van der Waals surface area contributed by atoms with Crippen LogP contribution in [0.25, 0.3) is 22.4 Å². The van der Waals surface area contributed by atoms with Gasteiger partial charge in [0.15, 0.2) is 11.9 Å². The van der Waals surface area contributed by atoms with E-state index in [-0.39, 0.29) is 11.7 Å². The van der Waals surface area contributed by atoms with Gasteiger partial charge in [-0.3, -0.25) is 9.59 Å². The van der Waals surface area contributed by atoms with Crippen molar-refractivity contribution in [2.75, 3.05) is 0 Å². The van der Waals surface area contributed by atoms with E-state index in [0.717, 1.165) is 11.1 Å². The van der Waals surface area contributed by atoms with Gasteiger partial charge < -0.3 is 15.2 Å². The second-order valence-corrected chi connectivity index (χ2v) is 10.4. The SMILES string of the molecule is C[C@H](O)C(=O)NC1c2cc(-c3ccc(Cl)cc3)c(-c3ccccc3Cl)nc2OC1C(=O)C(C)(C)C. The molecule has 2 unspecified atom stereocenters. The molecule has 0 saturated heterocycles. The fourth-order valence-electron chi connectivity index (χ4n) is 3.95. The van der Waals surface area contributed by atoms with Gasteiger partial charge in [0.2, 0.25) is 11.8 Å². The number of nitrogens with one attached hydrogen (secondary N) is 1. The number of ether oxygens (including phenoxy) is 1. The number of fused-ring (bicyclic) bond motifs is 1. The Morgan fingerprint density at radius 2 is 1.71 bits per heavy atom. The molecule has 1 aliphatic heterocycles. The molecule has 0 fully saturated rings. The molecule has 4 rings (SSSR count). The minimum Gasteiger partial charge on any atom is -0.463 e. The molecular weight excluding hydrogens is 487 g/mol.